The van der Waals surface area contributed by atoms with Gasteiger partial charge in [-0.05, 0) is 31.4 Å². The van der Waals surface area contributed by atoms with Crippen molar-refractivity contribution in [3.8, 4) is 0 Å². The Bertz CT molecular complexity index is 386. The van der Waals surface area contributed by atoms with Crippen molar-refractivity contribution in [3.05, 3.63) is 23.2 Å². The van der Waals surface area contributed by atoms with E-state index in [-0.39, 0.29) is 24.4 Å². The quantitative estimate of drug-likeness (QED) is 0.839. The summed E-state index contributed by atoms with van der Waals surface area (Å²) >= 11 is 7.59. The van der Waals surface area contributed by atoms with Gasteiger partial charge in [-0.2, -0.15) is 0 Å². The lowest BCUT2D eigenvalue weighted by Crippen LogP contribution is -2.23. The highest BCUT2D eigenvalue weighted by atomic mass is 35.5. The third-order valence-corrected chi connectivity index (χ3v) is 3.16. The van der Waals surface area contributed by atoms with Gasteiger partial charge in [0.15, 0.2) is 0 Å². The van der Waals surface area contributed by atoms with Crippen molar-refractivity contribution in [2.45, 2.75) is 24.3 Å². The van der Waals surface area contributed by atoms with Gasteiger partial charge < -0.3 is 11.1 Å². The number of nitrogens with two attached hydrogens (primary N) is 1. The predicted molar refractivity (Wildman–Crippen MR) is 77.4 cm³/mol. The Hall–Kier alpha value is -0.420. The van der Waals surface area contributed by atoms with Gasteiger partial charge in [0.25, 0.3) is 0 Å². The van der Waals surface area contributed by atoms with Gasteiger partial charge in [0.2, 0.25) is 5.91 Å². The van der Waals surface area contributed by atoms with Crippen LogP contribution in [0.15, 0.2) is 23.1 Å². The van der Waals surface area contributed by atoms with E-state index in [0.29, 0.717) is 17.1 Å². The fourth-order valence-electron chi connectivity index (χ4n) is 1.25. The number of hydrogen-bond acceptors (Lipinski definition) is 3. The smallest absolute Gasteiger partial charge is 0.225 e. The van der Waals surface area contributed by atoms with Crippen LogP contribution in [0.3, 0.4) is 0 Å². The van der Waals surface area contributed by atoms with Crippen LogP contribution in [0.2, 0.25) is 5.02 Å². The molecule has 1 aromatic rings. The standard InChI is InChI=1S/C11H15ClN2OS.ClH/c1-7(13)5-11(15)14-8-3-4-10(16-2)9(12)6-8;/h3-4,6-7H,5,13H2,1-2H3,(H,14,15);1H. The second-order valence-corrected chi connectivity index (χ2v) is 4.83. The molecular formula is C11H16Cl2N2OS. The first-order valence-corrected chi connectivity index (χ1v) is 6.52. The minimum absolute atomic E-state index is 0. The van der Waals surface area contributed by atoms with Gasteiger partial charge in [0.1, 0.15) is 0 Å². The minimum Gasteiger partial charge on any atom is -0.327 e. The minimum atomic E-state index is -0.138. The Balaban J connectivity index is 0.00000256. The van der Waals surface area contributed by atoms with Crippen LogP contribution in [0.1, 0.15) is 13.3 Å². The number of halogens is 2. The summed E-state index contributed by atoms with van der Waals surface area (Å²) in [5, 5.41) is 3.40. The van der Waals surface area contributed by atoms with E-state index >= 15 is 0 Å². The lowest BCUT2D eigenvalue weighted by Gasteiger charge is -2.08. The fourth-order valence-corrected chi connectivity index (χ4v) is 2.12. The molecule has 0 radical (unpaired) electrons. The number of anilines is 1. The Labute approximate surface area is 117 Å². The highest BCUT2D eigenvalue weighted by Crippen LogP contribution is 2.27. The second-order valence-electron chi connectivity index (χ2n) is 3.58. The molecule has 1 atom stereocenters. The Morgan fingerprint density at radius 2 is 2.24 bits per heavy atom. The van der Waals surface area contributed by atoms with E-state index < -0.39 is 0 Å². The van der Waals surface area contributed by atoms with Gasteiger partial charge in [-0.15, -0.1) is 24.2 Å². The van der Waals surface area contributed by atoms with Crippen LogP contribution < -0.4 is 11.1 Å². The highest BCUT2D eigenvalue weighted by Gasteiger charge is 2.06. The lowest BCUT2D eigenvalue weighted by molar-refractivity contribution is -0.116. The first kappa shape index (κ1) is 16.6. The Morgan fingerprint density at radius 3 is 2.71 bits per heavy atom. The van der Waals surface area contributed by atoms with Gasteiger partial charge >= 0.3 is 0 Å². The van der Waals surface area contributed by atoms with Crippen molar-refractivity contribution < 1.29 is 4.79 Å². The molecule has 0 aromatic heterocycles. The van der Waals surface area contributed by atoms with Crippen molar-refractivity contribution in [2.24, 2.45) is 5.73 Å². The molecule has 17 heavy (non-hydrogen) atoms. The normalized spacial score (nSPS) is 11.5. The van der Waals surface area contributed by atoms with Crippen molar-refractivity contribution in [1.82, 2.24) is 0 Å². The number of benzene rings is 1. The second kappa shape index (κ2) is 7.82. The average molecular weight is 295 g/mol. The molecular weight excluding hydrogens is 279 g/mol. The third-order valence-electron chi connectivity index (χ3n) is 1.94. The Kier molecular flexibility index (Phi) is 7.63. The number of rotatable bonds is 4. The molecule has 0 aliphatic rings. The largest absolute Gasteiger partial charge is 0.327 e. The zero-order chi connectivity index (χ0) is 12.1. The zero-order valence-electron chi connectivity index (χ0n) is 9.70. The molecule has 0 aliphatic heterocycles. The predicted octanol–water partition coefficient (Wildman–Crippen LogP) is 3.16. The lowest BCUT2D eigenvalue weighted by atomic mass is 10.2. The summed E-state index contributed by atoms with van der Waals surface area (Å²) in [6.45, 7) is 1.80. The van der Waals surface area contributed by atoms with Crippen LogP contribution in [0.25, 0.3) is 0 Å². The van der Waals surface area contributed by atoms with E-state index in [0.717, 1.165) is 4.90 Å². The maximum atomic E-state index is 11.4. The van der Waals surface area contributed by atoms with Crippen LogP contribution in [-0.2, 0) is 4.79 Å². The van der Waals surface area contributed by atoms with Crippen molar-refractivity contribution in [1.29, 1.82) is 0 Å². The fraction of sp³-hybridized carbons (Fsp3) is 0.364. The van der Waals surface area contributed by atoms with E-state index in [4.69, 9.17) is 17.3 Å². The van der Waals surface area contributed by atoms with E-state index in [9.17, 15) is 4.79 Å². The summed E-state index contributed by atoms with van der Waals surface area (Å²) in [7, 11) is 0. The summed E-state index contributed by atoms with van der Waals surface area (Å²) in [5.41, 5.74) is 6.23. The van der Waals surface area contributed by atoms with Gasteiger partial charge in [-0.1, -0.05) is 11.6 Å². The molecule has 1 amide bonds. The maximum absolute atomic E-state index is 11.4. The molecule has 1 unspecified atom stereocenters. The first-order chi connectivity index (χ1) is 7.52. The Morgan fingerprint density at radius 1 is 1.59 bits per heavy atom. The maximum Gasteiger partial charge on any atom is 0.225 e. The number of carbonyl (C=O) groups is 1. The van der Waals surface area contributed by atoms with Crippen LogP contribution in [0.4, 0.5) is 5.69 Å². The molecule has 0 fully saturated rings. The zero-order valence-corrected chi connectivity index (χ0v) is 12.1. The monoisotopic (exact) mass is 294 g/mol. The summed E-state index contributed by atoms with van der Waals surface area (Å²) < 4.78 is 0. The van der Waals surface area contributed by atoms with E-state index in [1.807, 2.05) is 18.4 Å². The summed E-state index contributed by atoms with van der Waals surface area (Å²) in [6.07, 6.45) is 2.26. The number of thioether (sulfide) groups is 1. The number of carbonyl (C=O) groups excluding carboxylic acids is 1. The molecule has 0 spiro atoms. The van der Waals surface area contributed by atoms with Crippen LogP contribution in [0.5, 0.6) is 0 Å². The summed E-state index contributed by atoms with van der Waals surface area (Å²) in [6, 6.07) is 5.32. The first-order valence-electron chi connectivity index (χ1n) is 4.92. The summed E-state index contributed by atoms with van der Waals surface area (Å²) in [5.74, 6) is -0.0945. The molecule has 1 rings (SSSR count). The van der Waals surface area contributed by atoms with Gasteiger partial charge in [-0.3, -0.25) is 4.79 Å². The number of hydrogen-bond donors (Lipinski definition) is 2. The molecule has 0 bridgehead atoms. The molecule has 6 heteroatoms. The van der Waals surface area contributed by atoms with E-state index in [1.54, 1.807) is 24.8 Å². The molecule has 0 saturated heterocycles. The SMILES string of the molecule is CSc1ccc(NC(=O)CC(C)N)cc1Cl.Cl. The van der Waals surface area contributed by atoms with Crippen molar-refractivity contribution in [2.75, 3.05) is 11.6 Å². The van der Waals surface area contributed by atoms with Crippen LogP contribution in [-0.4, -0.2) is 18.2 Å². The summed E-state index contributed by atoms with van der Waals surface area (Å²) in [4.78, 5) is 12.4. The third kappa shape index (κ3) is 5.64. The van der Waals surface area contributed by atoms with Crippen molar-refractivity contribution >= 4 is 47.4 Å². The van der Waals surface area contributed by atoms with Crippen LogP contribution >= 0.6 is 35.8 Å². The van der Waals surface area contributed by atoms with Gasteiger partial charge in [0.05, 0.1) is 5.02 Å². The molecule has 0 heterocycles. The van der Waals surface area contributed by atoms with E-state index in [2.05, 4.69) is 5.32 Å². The molecule has 0 aliphatic carbocycles. The number of amides is 1. The number of nitrogens with one attached hydrogen (secondary N) is 1. The topological polar surface area (TPSA) is 55.1 Å². The average Bonchev–Trinajstić information content (AvgIpc) is 2.16. The highest BCUT2D eigenvalue weighted by molar-refractivity contribution is 7.98. The molecule has 1 aromatic carbocycles. The van der Waals surface area contributed by atoms with Gasteiger partial charge in [0, 0.05) is 23.0 Å². The van der Waals surface area contributed by atoms with E-state index in [1.165, 1.54) is 0 Å². The molecule has 96 valence electrons. The van der Waals surface area contributed by atoms with Gasteiger partial charge in [-0.25, -0.2) is 0 Å². The van der Waals surface area contributed by atoms with Crippen LogP contribution in [0, 0.1) is 0 Å². The molecule has 3 N–H and O–H groups in total. The molecule has 0 saturated carbocycles. The van der Waals surface area contributed by atoms with Crippen molar-refractivity contribution in [3.63, 3.8) is 0 Å². The molecule has 3 nitrogen and oxygen atoms in total.